The molecule has 1 saturated heterocycles. The van der Waals surface area contributed by atoms with Gasteiger partial charge < -0.3 is 24.0 Å². The Kier molecular flexibility index (Phi) is 5.93. The van der Waals surface area contributed by atoms with Crippen LogP contribution in [0.2, 0.25) is 0 Å². The Morgan fingerprint density at radius 1 is 1.16 bits per heavy atom. The highest BCUT2D eigenvalue weighted by Gasteiger charge is 2.35. The fourth-order valence-corrected chi connectivity index (χ4v) is 4.53. The summed E-state index contributed by atoms with van der Waals surface area (Å²) in [7, 11) is 6.68. The molecule has 1 aliphatic heterocycles. The van der Waals surface area contributed by atoms with E-state index < -0.39 is 18.0 Å². The molecule has 1 amide bonds. The number of benzene rings is 2. The van der Waals surface area contributed by atoms with Crippen LogP contribution >= 0.6 is 0 Å². The monoisotopic (exact) mass is 436 g/mol. The van der Waals surface area contributed by atoms with Crippen LogP contribution in [-0.4, -0.2) is 54.3 Å². The van der Waals surface area contributed by atoms with E-state index in [1.54, 1.807) is 31.2 Å². The standard InChI is InChI=1S/C25H28N2O5/c1-26-10-9-19(24(26)29)23(28)16-7-8-21-20(12-16)18(14-27(21)2)11-15-5-6-17(25(30)32-4)13-22(15)31-3/h5-8,12-14,19,23,28H,9-11H2,1-4H3. The summed E-state index contributed by atoms with van der Waals surface area (Å²) in [5.74, 6) is -0.219. The second-order valence-electron chi connectivity index (χ2n) is 8.34. The number of carbonyl (C=O) groups is 2. The van der Waals surface area contributed by atoms with Crippen molar-refractivity contribution in [2.75, 3.05) is 27.8 Å². The first-order valence-corrected chi connectivity index (χ1v) is 10.6. The Labute approximate surface area is 187 Å². The van der Waals surface area contributed by atoms with Crippen LogP contribution in [-0.2, 0) is 23.0 Å². The van der Waals surface area contributed by atoms with Crippen molar-refractivity contribution in [3.63, 3.8) is 0 Å². The topological polar surface area (TPSA) is 81.0 Å². The number of esters is 1. The third-order valence-electron chi connectivity index (χ3n) is 6.38. The molecule has 1 N–H and O–H groups in total. The summed E-state index contributed by atoms with van der Waals surface area (Å²) in [5.41, 5.74) is 4.21. The van der Waals surface area contributed by atoms with Gasteiger partial charge in [0, 0.05) is 44.2 Å². The van der Waals surface area contributed by atoms with Crippen molar-refractivity contribution in [2.24, 2.45) is 13.0 Å². The van der Waals surface area contributed by atoms with Crippen molar-refractivity contribution in [3.8, 4) is 5.75 Å². The molecule has 1 aliphatic rings. The molecule has 7 nitrogen and oxygen atoms in total. The van der Waals surface area contributed by atoms with Gasteiger partial charge in [-0.15, -0.1) is 0 Å². The minimum absolute atomic E-state index is 0.0127. The Balaban J connectivity index is 1.69. The van der Waals surface area contributed by atoms with Gasteiger partial charge in [0.2, 0.25) is 5.91 Å². The van der Waals surface area contributed by atoms with Crippen molar-refractivity contribution in [1.82, 2.24) is 9.47 Å². The molecule has 0 aliphatic carbocycles. The van der Waals surface area contributed by atoms with Gasteiger partial charge in [0.25, 0.3) is 0 Å². The van der Waals surface area contributed by atoms with E-state index >= 15 is 0 Å². The van der Waals surface area contributed by atoms with Gasteiger partial charge in [0.1, 0.15) is 5.75 Å². The molecule has 7 heteroatoms. The van der Waals surface area contributed by atoms with Crippen molar-refractivity contribution in [1.29, 1.82) is 0 Å². The highest BCUT2D eigenvalue weighted by atomic mass is 16.5. The molecule has 1 fully saturated rings. The molecule has 2 atom stereocenters. The molecule has 168 valence electrons. The lowest BCUT2D eigenvalue weighted by Crippen LogP contribution is -2.26. The smallest absolute Gasteiger partial charge is 0.337 e. The van der Waals surface area contributed by atoms with Crippen LogP contribution in [0.1, 0.15) is 39.6 Å². The van der Waals surface area contributed by atoms with Crippen LogP contribution in [0.5, 0.6) is 5.75 Å². The number of aliphatic hydroxyl groups excluding tert-OH is 1. The maximum absolute atomic E-state index is 12.4. The third kappa shape index (κ3) is 3.84. The second-order valence-corrected chi connectivity index (χ2v) is 8.34. The summed E-state index contributed by atoms with van der Waals surface area (Å²) < 4.78 is 12.4. The first-order valence-electron chi connectivity index (χ1n) is 10.6. The van der Waals surface area contributed by atoms with Crippen molar-refractivity contribution in [3.05, 3.63) is 64.8 Å². The summed E-state index contributed by atoms with van der Waals surface area (Å²) >= 11 is 0. The van der Waals surface area contributed by atoms with Crippen LogP contribution in [0.25, 0.3) is 10.9 Å². The zero-order valence-corrected chi connectivity index (χ0v) is 18.8. The van der Waals surface area contributed by atoms with Gasteiger partial charge in [0.15, 0.2) is 0 Å². The summed E-state index contributed by atoms with van der Waals surface area (Å²) in [4.78, 5) is 25.9. The van der Waals surface area contributed by atoms with E-state index in [-0.39, 0.29) is 5.91 Å². The largest absolute Gasteiger partial charge is 0.496 e. The van der Waals surface area contributed by atoms with E-state index in [0.29, 0.717) is 30.7 Å². The maximum atomic E-state index is 12.4. The Bertz CT molecular complexity index is 1180. The number of carbonyl (C=O) groups excluding carboxylic acids is 2. The number of ether oxygens (including phenoxy) is 2. The van der Waals surface area contributed by atoms with Gasteiger partial charge in [-0.2, -0.15) is 0 Å². The number of aliphatic hydroxyl groups is 1. The van der Waals surface area contributed by atoms with Crippen LogP contribution in [0.3, 0.4) is 0 Å². The number of likely N-dealkylation sites (tertiary alicyclic amines) is 1. The predicted molar refractivity (Wildman–Crippen MR) is 121 cm³/mol. The summed E-state index contributed by atoms with van der Waals surface area (Å²) in [5, 5.41) is 11.9. The van der Waals surface area contributed by atoms with Gasteiger partial charge in [-0.05, 0) is 47.4 Å². The first kappa shape index (κ1) is 21.9. The number of methoxy groups -OCH3 is 2. The van der Waals surface area contributed by atoms with E-state index in [9.17, 15) is 14.7 Å². The Morgan fingerprint density at radius 3 is 2.59 bits per heavy atom. The van der Waals surface area contributed by atoms with E-state index in [1.807, 2.05) is 35.9 Å². The van der Waals surface area contributed by atoms with Gasteiger partial charge in [-0.3, -0.25) is 4.79 Å². The van der Waals surface area contributed by atoms with E-state index in [4.69, 9.17) is 9.47 Å². The van der Waals surface area contributed by atoms with Crippen LogP contribution in [0, 0.1) is 5.92 Å². The lowest BCUT2D eigenvalue weighted by molar-refractivity contribution is -0.132. The highest BCUT2D eigenvalue weighted by molar-refractivity contribution is 5.90. The molecule has 2 heterocycles. The predicted octanol–water partition coefficient (Wildman–Crippen LogP) is 3.08. The fraction of sp³-hybridized carbons (Fsp3) is 0.360. The number of rotatable bonds is 6. The Hall–Kier alpha value is -3.32. The van der Waals surface area contributed by atoms with Crippen molar-refractivity contribution >= 4 is 22.8 Å². The molecule has 32 heavy (non-hydrogen) atoms. The number of hydrogen-bond donors (Lipinski definition) is 1. The summed E-state index contributed by atoms with van der Waals surface area (Å²) in [6, 6.07) is 11.1. The van der Waals surface area contributed by atoms with Gasteiger partial charge >= 0.3 is 5.97 Å². The van der Waals surface area contributed by atoms with Crippen molar-refractivity contribution in [2.45, 2.75) is 18.9 Å². The zero-order valence-electron chi connectivity index (χ0n) is 18.8. The zero-order chi connectivity index (χ0) is 23.0. The number of nitrogens with zero attached hydrogens (tertiary/aromatic N) is 2. The number of aromatic nitrogens is 1. The number of amides is 1. The maximum Gasteiger partial charge on any atom is 0.337 e. The van der Waals surface area contributed by atoms with Gasteiger partial charge in [-0.1, -0.05) is 12.1 Å². The van der Waals surface area contributed by atoms with E-state index in [2.05, 4.69) is 6.20 Å². The van der Waals surface area contributed by atoms with Gasteiger partial charge in [0.05, 0.1) is 31.8 Å². The normalized spacial score (nSPS) is 17.1. The van der Waals surface area contributed by atoms with Crippen molar-refractivity contribution < 1.29 is 24.2 Å². The van der Waals surface area contributed by atoms with Crippen LogP contribution < -0.4 is 4.74 Å². The summed E-state index contributed by atoms with van der Waals surface area (Å²) in [6.07, 6.45) is 2.47. The lowest BCUT2D eigenvalue weighted by atomic mass is 9.92. The molecular formula is C25H28N2O5. The molecule has 0 bridgehead atoms. The number of fused-ring (bicyclic) bond motifs is 1. The van der Waals surface area contributed by atoms with Crippen LogP contribution in [0.4, 0.5) is 0 Å². The minimum Gasteiger partial charge on any atom is -0.496 e. The average Bonchev–Trinajstić information content (AvgIpc) is 3.31. The second kappa shape index (κ2) is 8.67. The first-order chi connectivity index (χ1) is 15.3. The molecule has 2 unspecified atom stereocenters. The molecule has 0 spiro atoms. The minimum atomic E-state index is -0.834. The quantitative estimate of drug-likeness (QED) is 0.601. The Morgan fingerprint density at radius 2 is 1.94 bits per heavy atom. The fourth-order valence-electron chi connectivity index (χ4n) is 4.53. The molecule has 3 aromatic rings. The molecule has 2 aromatic carbocycles. The summed E-state index contributed by atoms with van der Waals surface area (Å²) in [6.45, 7) is 0.667. The molecule has 1 aromatic heterocycles. The third-order valence-corrected chi connectivity index (χ3v) is 6.38. The van der Waals surface area contributed by atoms with E-state index in [1.165, 1.54) is 7.11 Å². The van der Waals surface area contributed by atoms with Gasteiger partial charge in [-0.25, -0.2) is 4.79 Å². The lowest BCUT2D eigenvalue weighted by Gasteiger charge is -2.18. The number of aryl methyl sites for hydroxylation is 1. The SMILES string of the molecule is COC(=O)c1ccc(Cc2cn(C)c3ccc(C(O)C4CCN(C)C4=O)cc23)c(OC)c1. The molecule has 4 rings (SSSR count). The van der Waals surface area contributed by atoms with Crippen LogP contribution in [0.15, 0.2) is 42.6 Å². The molecule has 0 saturated carbocycles. The average molecular weight is 437 g/mol. The molecular weight excluding hydrogens is 408 g/mol. The molecule has 0 radical (unpaired) electrons. The highest BCUT2D eigenvalue weighted by Crippen LogP contribution is 2.34. The number of hydrogen-bond acceptors (Lipinski definition) is 5. The van der Waals surface area contributed by atoms with E-state index in [0.717, 1.165) is 27.6 Å².